The first-order valence-corrected chi connectivity index (χ1v) is 6.38. The minimum Gasteiger partial charge on any atom is -0.457 e. The Bertz CT molecular complexity index is 464. The third-order valence-corrected chi connectivity index (χ3v) is 2.89. The Morgan fingerprint density at radius 3 is 2.17 bits per heavy atom. The second-order valence-electron chi connectivity index (χ2n) is 4.38. The Balaban J connectivity index is 2.04. The molecule has 1 atom stereocenters. The molecule has 2 N–H and O–H groups in total. The van der Waals surface area contributed by atoms with Crippen molar-refractivity contribution in [3.63, 3.8) is 0 Å². The van der Waals surface area contributed by atoms with E-state index in [9.17, 15) is 0 Å². The zero-order valence-electron chi connectivity index (χ0n) is 10.7. The predicted molar refractivity (Wildman–Crippen MR) is 74.8 cm³/mol. The van der Waals surface area contributed by atoms with Crippen LogP contribution in [0.2, 0.25) is 0 Å². The molecule has 0 heterocycles. The van der Waals surface area contributed by atoms with Crippen LogP contribution in [-0.4, -0.2) is 0 Å². The zero-order valence-corrected chi connectivity index (χ0v) is 10.7. The van der Waals surface area contributed by atoms with Gasteiger partial charge in [0, 0.05) is 6.04 Å². The maximum atomic E-state index is 6.07. The Morgan fingerprint density at radius 1 is 0.944 bits per heavy atom. The molecule has 2 aromatic carbocycles. The maximum Gasteiger partial charge on any atom is 0.127 e. The summed E-state index contributed by atoms with van der Waals surface area (Å²) in [5.74, 6) is 1.69. The Kier molecular flexibility index (Phi) is 4.37. The van der Waals surface area contributed by atoms with Gasteiger partial charge in [-0.2, -0.15) is 0 Å². The van der Waals surface area contributed by atoms with E-state index in [1.54, 1.807) is 0 Å². The molecule has 0 spiro atoms. The van der Waals surface area contributed by atoms with Gasteiger partial charge >= 0.3 is 0 Å². The molecule has 0 bridgehead atoms. The van der Waals surface area contributed by atoms with Crippen LogP contribution in [0.15, 0.2) is 54.6 Å². The Labute approximate surface area is 108 Å². The third-order valence-electron chi connectivity index (χ3n) is 2.89. The van der Waals surface area contributed by atoms with Crippen molar-refractivity contribution in [2.75, 3.05) is 0 Å². The maximum absolute atomic E-state index is 6.07. The molecule has 18 heavy (non-hydrogen) atoms. The SMILES string of the molecule is CCCC(N)c1ccc(Oc2ccccc2)cc1. The summed E-state index contributed by atoms with van der Waals surface area (Å²) in [5.41, 5.74) is 7.23. The summed E-state index contributed by atoms with van der Waals surface area (Å²) in [6.07, 6.45) is 2.11. The first kappa shape index (κ1) is 12.7. The molecule has 0 fully saturated rings. The second-order valence-corrected chi connectivity index (χ2v) is 4.38. The number of rotatable bonds is 5. The summed E-state index contributed by atoms with van der Waals surface area (Å²) in [6.45, 7) is 2.15. The normalized spacial score (nSPS) is 12.1. The van der Waals surface area contributed by atoms with Crippen molar-refractivity contribution < 1.29 is 4.74 Å². The van der Waals surface area contributed by atoms with Gasteiger partial charge in [-0.05, 0) is 36.2 Å². The van der Waals surface area contributed by atoms with Crippen LogP contribution in [0.1, 0.15) is 31.4 Å². The summed E-state index contributed by atoms with van der Waals surface area (Å²) in [7, 11) is 0. The monoisotopic (exact) mass is 241 g/mol. The molecule has 94 valence electrons. The van der Waals surface area contributed by atoms with Crippen molar-refractivity contribution >= 4 is 0 Å². The van der Waals surface area contributed by atoms with Crippen LogP contribution in [0.25, 0.3) is 0 Å². The Hall–Kier alpha value is -1.80. The molecule has 0 radical (unpaired) electrons. The van der Waals surface area contributed by atoms with Crippen LogP contribution >= 0.6 is 0 Å². The fourth-order valence-corrected chi connectivity index (χ4v) is 1.89. The van der Waals surface area contributed by atoms with Gasteiger partial charge < -0.3 is 10.5 Å². The number of nitrogens with two attached hydrogens (primary N) is 1. The topological polar surface area (TPSA) is 35.2 Å². The Morgan fingerprint density at radius 2 is 1.56 bits per heavy atom. The summed E-state index contributed by atoms with van der Waals surface area (Å²) in [6, 6.07) is 17.9. The molecule has 2 rings (SSSR count). The molecular formula is C16H19NO. The lowest BCUT2D eigenvalue weighted by Gasteiger charge is -2.11. The minimum absolute atomic E-state index is 0.126. The van der Waals surface area contributed by atoms with E-state index in [0.717, 1.165) is 29.9 Å². The average Bonchev–Trinajstić information content (AvgIpc) is 2.41. The fraction of sp³-hybridized carbons (Fsp3) is 0.250. The van der Waals surface area contributed by atoms with Gasteiger partial charge in [0.1, 0.15) is 11.5 Å². The summed E-state index contributed by atoms with van der Waals surface area (Å²) in [5, 5.41) is 0. The fourth-order valence-electron chi connectivity index (χ4n) is 1.89. The van der Waals surface area contributed by atoms with Gasteiger partial charge in [0.2, 0.25) is 0 Å². The number of benzene rings is 2. The van der Waals surface area contributed by atoms with Gasteiger partial charge in [0.15, 0.2) is 0 Å². The van der Waals surface area contributed by atoms with E-state index in [1.165, 1.54) is 0 Å². The first-order valence-electron chi connectivity index (χ1n) is 6.38. The number of ether oxygens (including phenoxy) is 1. The highest BCUT2D eigenvalue weighted by atomic mass is 16.5. The molecule has 0 aliphatic heterocycles. The average molecular weight is 241 g/mol. The van der Waals surface area contributed by atoms with E-state index in [0.29, 0.717) is 0 Å². The van der Waals surface area contributed by atoms with Crippen molar-refractivity contribution in [1.82, 2.24) is 0 Å². The molecule has 0 saturated heterocycles. The van der Waals surface area contributed by atoms with Crippen molar-refractivity contribution in [3.8, 4) is 11.5 Å². The molecule has 0 aliphatic rings. The number of hydrogen-bond acceptors (Lipinski definition) is 2. The largest absolute Gasteiger partial charge is 0.457 e. The van der Waals surface area contributed by atoms with Crippen LogP contribution in [0.3, 0.4) is 0 Å². The highest BCUT2D eigenvalue weighted by Crippen LogP contribution is 2.23. The lowest BCUT2D eigenvalue weighted by molar-refractivity contribution is 0.482. The van der Waals surface area contributed by atoms with Crippen molar-refractivity contribution in [1.29, 1.82) is 0 Å². The zero-order chi connectivity index (χ0) is 12.8. The minimum atomic E-state index is 0.126. The van der Waals surface area contributed by atoms with Crippen molar-refractivity contribution in [2.24, 2.45) is 5.73 Å². The molecule has 2 heteroatoms. The van der Waals surface area contributed by atoms with E-state index in [1.807, 2.05) is 54.6 Å². The van der Waals surface area contributed by atoms with Gasteiger partial charge in [-0.3, -0.25) is 0 Å². The van der Waals surface area contributed by atoms with Gasteiger partial charge in [0.25, 0.3) is 0 Å². The standard InChI is InChI=1S/C16H19NO/c1-2-6-16(17)13-9-11-15(12-10-13)18-14-7-4-3-5-8-14/h3-5,7-12,16H,2,6,17H2,1H3. The second kappa shape index (κ2) is 6.22. The van der Waals surface area contributed by atoms with Gasteiger partial charge in [0.05, 0.1) is 0 Å². The van der Waals surface area contributed by atoms with E-state index < -0.39 is 0 Å². The lowest BCUT2D eigenvalue weighted by atomic mass is 10.0. The molecule has 0 aromatic heterocycles. The summed E-state index contributed by atoms with van der Waals surface area (Å²) < 4.78 is 5.73. The number of para-hydroxylation sites is 1. The quantitative estimate of drug-likeness (QED) is 0.848. The molecule has 2 nitrogen and oxygen atoms in total. The number of hydrogen-bond donors (Lipinski definition) is 1. The summed E-state index contributed by atoms with van der Waals surface area (Å²) in [4.78, 5) is 0. The van der Waals surface area contributed by atoms with E-state index >= 15 is 0 Å². The van der Waals surface area contributed by atoms with Crippen LogP contribution in [0, 0.1) is 0 Å². The van der Waals surface area contributed by atoms with Gasteiger partial charge in [-0.25, -0.2) is 0 Å². The highest BCUT2D eigenvalue weighted by Gasteiger charge is 2.04. The third kappa shape index (κ3) is 3.34. The smallest absolute Gasteiger partial charge is 0.127 e. The van der Waals surface area contributed by atoms with E-state index in [4.69, 9.17) is 10.5 Å². The van der Waals surface area contributed by atoms with Crippen LogP contribution in [-0.2, 0) is 0 Å². The predicted octanol–water partition coefficient (Wildman–Crippen LogP) is 4.28. The molecular weight excluding hydrogens is 222 g/mol. The van der Waals surface area contributed by atoms with Crippen molar-refractivity contribution in [2.45, 2.75) is 25.8 Å². The molecule has 0 aliphatic carbocycles. The van der Waals surface area contributed by atoms with Crippen LogP contribution < -0.4 is 10.5 Å². The molecule has 1 unspecified atom stereocenters. The first-order chi connectivity index (χ1) is 8.79. The lowest BCUT2D eigenvalue weighted by Crippen LogP contribution is -2.09. The van der Waals surface area contributed by atoms with Crippen molar-refractivity contribution in [3.05, 3.63) is 60.2 Å². The summed E-state index contributed by atoms with van der Waals surface area (Å²) >= 11 is 0. The van der Waals surface area contributed by atoms with E-state index in [2.05, 4.69) is 6.92 Å². The highest BCUT2D eigenvalue weighted by molar-refractivity contribution is 5.33. The molecule has 2 aromatic rings. The van der Waals surface area contributed by atoms with Crippen LogP contribution in [0.5, 0.6) is 11.5 Å². The van der Waals surface area contributed by atoms with E-state index in [-0.39, 0.29) is 6.04 Å². The van der Waals surface area contributed by atoms with Gasteiger partial charge in [-0.1, -0.05) is 43.7 Å². The molecule has 0 saturated carbocycles. The molecule has 0 amide bonds. The van der Waals surface area contributed by atoms with Gasteiger partial charge in [-0.15, -0.1) is 0 Å². The van der Waals surface area contributed by atoms with Crippen LogP contribution in [0.4, 0.5) is 0 Å².